The maximum absolute atomic E-state index is 12.9. The lowest BCUT2D eigenvalue weighted by Crippen LogP contribution is -2.74. The molecule has 20 heteroatoms. The van der Waals surface area contributed by atoms with Gasteiger partial charge in [-0.1, -0.05) is 0 Å². The number of alkyl halides is 17. The van der Waals surface area contributed by atoms with Gasteiger partial charge in [0.05, 0.1) is 7.77 Å². The lowest BCUT2D eigenvalue weighted by molar-refractivity contribution is -0.458. The molecule has 170 valence electrons. The van der Waals surface area contributed by atoms with E-state index in [9.17, 15) is 82.4 Å². The summed E-state index contributed by atoms with van der Waals surface area (Å²) in [5.41, 5.74) is 0. The molecule has 0 aromatic rings. The molecule has 0 bridgehead atoms. The Bertz CT molecular complexity index is 569. The minimum Gasteiger partial charge on any atom is -0.192 e. The molecule has 0 heterocycles. The molecule has 0 amide bonds. The molecular weight excluding hydrogens is 489 g/mol. The first-order chi connectivity index (χ1) is 11.7. The quantitative estimate of drug-likeness (QED) is 0.289. The molecule has 0 spiro atoms. The SMILES string of the molecule is F[S+](F)C(F)(F)C(F)(F)C(F)(F)C(F)(F)C(F)(F)C(F)(F)C(F)(F)C(F)(F)F. The topological polar surface area (TPSA) is 0 Å². The smallest absolute Gasteiger partial charge is 0.192 e. The van der Waals surface area contributed by atoms with Crippen molar-refractivity contribution in [1.29, 1.82) is 0 Å². The van der Waals surface area contributed by atoms with Crippen LogP contribution in [-0.4, -0.2) is 47.0 Å². The number of halogens is 19. The Kier molecular flexibility index (Phi) is 6.28. The van der Waals surface area contributed by atoms with Crippen molar-refractivity contribution in [3.8, 4) is 0 Å². The Labute approximate surface area is 142 Å². The summed E-state index contributed by atoms with van der Waals surface area (Å²) in [5.74, 6) is -51.6. The zero-order chi connectivity index (χ0) is 23.6. The monoisotopic (exact) mass is 489 g/mol. The maximum Gasteiger partial charge on any atom is 0.560 e. The van der Waals surface area contributed by atoms with Gasteiger partial charge in [0.15, 0.2) is 0 Å². The Morgan fingerprint density at radius 2 is 0.536 bits per heavy atom. The summed E-state index contributed by atoms with van der Waals surface area (Å²) in [7, 11) is 0. The van der Waals surface area contributed by atoms with Gasteiger partial charge < -0.3 is 0 Å². The highest BCUT2D eigenvalue weighted by molar-refractivity contribution is 7.88. The number of hydrogen-bond acceptors (Lipinski definition) is 0. The molecule has 0 fully saturated rings. The van der Waals surface area contributed by atoms with Gasteiger partial charge in [-0.15, -0.1) is 8.78 Å². The van der Waals surface area contributed by atoms with Gasteiger partial charge >= 0.3 is 58.6 Å². The van der Waals surface area contributed by atoms with E-state index in [0.717, 1.165) is 0 Å². The molecular formula is C8F19S+. The first-order valence-corrected chi connectivity index (χ1v) is 6.50. The van der Waals surface area contributed by atoms with E-state index in [1.54, 1.807) is 0 Å². The normalized spacial score (nSPS) is 16.7. The van der Waals surface area contributed by atoms with Crippen LogP contribution in [0, 0.1) is 0 Å². The number of hydrogen-bond donors (Lipinski definition) is 0. The summed E-state index contributed by atoms with van der Waals surface area (Å²) in [5, 5.41) is -7.61. The lowest BCUT2D eigenvalue weighted by Gasteiger charge is -2.41. The third-order valence-electron chi connectivity index (χ3n) is 2.89. The third kappa shape index (κ3) is 3.12. The van der Waals surface area contributed by atoms with E-state index in [1.165, 1.54) is 0 Å². The van der Waals surface area contributed by atoms with Crippen molar-refractivity contribution >= 4 is 11.7 Å². The van der Waals surface area contributed by atoms with Gasteiger partial charge in [-0.3, -0.25) is 0 Å². The van der Waals surface area contributed by atoms with Crippen LogP contribution in [0.25, 0.3) is 0 Å². The van der Waals surface area contributed by atoms with E-state index in [-0.39, 0.29) is 0 Å². The zero-order valence-electron chi connectivity index (χ0n) is 11.6. The van der Waals surface area contributed by atoms with E-state index in [2.05, 4.69) is 0 Å². The van der Waals surface area contributed by atoms with Crippen LogP contribution in [0.2, 0.25) is 0 Å². The fraction of sp³-hybridized carbons (Fsp3) is 1.00. The first-order valence-electron chi connectivity index (χ1n) is 5.48. The summed E-state index contributed by atoms with van der Waals surface area (Å²) in [6.45, 7) is 0. The molecule has 0 aromatic heterocycles. The van der Waals surface area contributed by atoms with Gasteiger partial charge in [0.1, 0.15) is 0 Å². The van der Waals surface area contributed by atoms with Crippen LogP contribution in [0.15, 0.2) is 0 Å². The highest BCUT2D eigenvalue weighted by Gasteiger charge is 2.98. The summed E-state index contributed by atoms with van der Waals surface area (Å²) in [6.07, 6.45) is -7.86. The van der Waals surface area contributed by atoms with Crippen LogP contribution in [0.4, 0.5) is 82.4 Å². The molecule has 0 unspecified atom stereocenters. The van der Waals surface area contributed by atoms with Crippen LogP contribution in [0.1, 0.15) is 0 Å². The Balaban J connectivity index is 6.72. The average Bonchev–Trinajstić information content (AvgIpc) is 2.44. The van der Waals surface area contributed by atoms with Gasteiger partial charge in [0.25, 0.3) is 0 Å². The van der Waals surface area contributed by atoms with Crippen LogP contribution in [0.3, 0.4) is 0 Å². The lowest BCUT2D eigenvalue weighted by atomic mass is 9.91. The standard InChI is InChI=1S/C8F19S/c9-1(10,3(13,14)5(17,18)7(21,22)23)2(11,12)4(15,16)6(19,20)8(24,25)28(26)27/q+1. The molecule has 0 saturated carbocycles. The summed E-state index contributed by atoms with van der Waals surface area (Å²) in [6, 6.07) is 0. The van der Waals surface area contributed by atoms with E-state index < -0.39 is 58.6 Å². The largest absolute Gasteiger partial charge is 0.560 e. The second-order valence-corrected chi connectivity index (χ2v) is 5.61. The molecule has 0 nitrogen and oxygen atoms in total. The minimum absolute atomic E-state index is 6.31. The first kappa shape index (κ1) is 27.0. The molecule has 0 aliphatic carbocycles. The molecule has 0 saturated heterocycles. The molecule has 0 rings (SSSR count). The van der Waals surface area contributed by atoms with E-state index >= 15 is 0 Å². The van der Waals surface area contributed by atoms with Crippen LogP contribution >= 0.6 is 0 Å². The average molecular weight is 489 g/mol. The second-order valence-electron chi connectivity index (χ2n) is 4.67. The van der Waals surface area contributed by atoms with Crippen molar-refractivity contribution in [3.63, 3.8) is 0 Å². The van der Waals surface area contributed by atoms with Crippen molar-refractivity contribution < 1.29 is 82.4 Å². The van der Waals surface area contributed by atoms with Crippen molar-refractivity contribution in [2.75, 3.05) is 0 Å². The molecule has 0 aliphatic heterocycles. The summed E-state index contributed by atoms with van der Waals surface area (Å²) >= 11 is -6.31. The van der Waals surface area contributed by atoms with Gasteiger partial charge in [-0.2, -0.15) is 65.9 Å². The van der Waals surface area contributed by atoms with E-state index in [1.807, 2.05) is 0 Å². The Morgan fingerprint density at radius 1 is 0.321 bits per heavy atom. The molecule has 0 aromatic carbocycles. The van der Waals surface area contributed by atoms with Crippen LogP contribution < -0.4 is 0 Å². The Hall–Kier alpha value is -0.980. The van der Waals surface area contributed by atoms with Crippen LogP contribution in [-0.2, 0) is 11.7 Å². The second kappa shape index (κ2) is 6.51. The van der Waals surface area contributed by atoms with Gasteiger partial charge in [0, 0.05) is 0 Å². The predicted molar refractivity (Wildman–Crippen MR) is 50.3 cm³/mol. The Morgan fingerprint density at radius 3 is 0.750 bits per heavy atom. The minimum atomic E-state index is -8.83. The van der Waals surface area contributed by atoms with Crippen molar-refractivity contribution in [3.05, 3.63) is 0 Å². The van der Waals surface area contributed by atoms with Gasteiger partial charge in [0.2, 0.25) is 0 Å². The summed E-state index contributed by atoms with van der Waals surface area (Å²) in [4.78, 5) is 0. The molecule has 0 N–H and O–H groups in total. The molecule has 28 heavy (non-hydrogen) atoms. The predicted octanol–water partition coefficient (Wildman–Crippen LogP) is 6.34. The third-order valence-corrected chi connectivity index (χ3v) is 3.53. The molecule has 0 aliphatic rings. The molecule has 0 radical (unpaired) electrons. The highest BCUT2D eigenvalue weighted by atomic mass is 32.3. The zero-order valence-corrected chi connectivity index (χ0v) is 12.4. The maximum atomic E-state index is 12.9. The van der Waals surface area contributed by atoms with Crippen molar-refractivity contribution in [1.82, 2.24) is 0 Å². The number of rotatable bonds is 7. The fourth-order valence-corrected chi connectivity index (χ4v) is 1.57. The highest BCUT2D eigenvalue weighted by Crippen LogP contribution is 2.64. The van der Waals surface area contributed by atoms with E-state index in [0.29, 0.717) is 0 Å². The van der Waals surface area contributed by atoms with E-state index in [4.69, 9.17) is 0 Å². The van der Waals surface area contributed by atoms with Crippen molar-refractivity contribution in [2.45, 2.75) is 47.0 Å². The van der Waals surface area contributed by atoms with Gasteiger partial charge in [-0.25, -0.2) is 0 Å². The fourth-order valence-electron chi connectivity index (χ4n) is 1.25. The summed E-state index contributed by atoms with van der Waals surface area (Å²) < 4.78 is 237. The van der Waals surface area contributed by atoms with Gasteiger partial charge in [-0.05, 0) is 0 Å². The van der Waals surface area contributed by atoms with Crippen molar-refractivity contribution in [2.24, 2.45) is 0 Å². The molecule has 0 atom stereocenters. The van der Waals surface area contributed by atoms with Crippen LogP contribution in [0.5, 0.6) is 0 Å².